The number of nitrogens with one attached hydrogen (secondary N) is 1. The molecule has 2 unspecified atom stereocenters. The first kappa shape index (κ1) is 13.3. The van der Waals surface area contributed by atoms with Gasteiger partial charge in [0, 0.05) is 6.04 Å². The van der Waals surface area contributed by atoms with Gasteiger partial charge in [-0.1, -0.05) is 12.1 Å². The van der Waals surface area contributed by atoms with Crippen LogP contribution in [-0.2, 0) is 0 Å². The third kappa shape index (κ3) is 2.16. The highest BCUT2D eigenvalue weighted by Crippen LogP contribution is 2.55. The van der Waals surface area contributed by atoms with E-state index in [0.29, 0.717) is 17.8 Å². The molecular weight excluding hydrogens is 269 g/mol. The second kappa shape index (κ2) is 4.54. The minimum atomic E-state index is -0.504. The molecule has 21 heavy (non-hydrogen) atoms. The van der Waals surface area contributed by atoms with E-state index < -0.39 is 11.4 Å². The number of halogens is 1. The molecule has 2 N–H and O–H groups in total. The fraction of sp³-hybridized carbons (Fsp3) is 0.588. The fourth-order valence-electron chi connectivity index (χ4n) is 5.09. The van der Waals surface area contributed by atoms with Crippen LogP contribution in [0.1, 0.15) is 42.5 Å². The average Bonchev–Trinajstić information content (AvgIpc) is 2.41. The van der Waals surface area contributed by atoms with Gasteiger partial charge in [-0.25, -0.2) is 4.39 Å². The van der Waals surface area contributed by atoms with Crippen molar-refractivity contribution in [3.8, 4) is 0 Å². The van der Waals surface area contributed by atoms with Gasteiger partial charge < -0.3 is 10.4 Å². The molecule has 0 spiro atoms. The molecule has 0 saturated heterocycles. The van der Waals surface area contributed by atoms with E-state index in [1.54, 1.807) is 12.1 Å². The number of hydrogen-bond acceptors (Lipinski definition) is 2. The summed E-state index contributed by atoms with van der Waals surface area (Å²) in [4.78, 5) is 12.3. The summed E-state index contributed by atoms with van der Waals surface area (Å²) in [6, 6.07) is 6.19. The molecule has 4 heteroatoms. The third-order valence-electron chi connectivity index (χ3n) is 5.66. The number of carbonyl (C=O) groups is 1. The van der Waals surface area contributed by atoms with E-state index in [9.17, 15) is 14.3 Å². The van der Waals surface area contributed by atoms with E-state index >= 15 is 0 Å². The Hall–Kier alpha value is -1.42. The minimum Gasteiger partial charge on any atom is -0.390 e. The number of amides is 1. The Balaban J connectivity index is 1.53. The van der Waals surface area contributed by atoms with Gasteiger partial charge in [0.1, 0.15) is 5.82 Å². The van der Waals surface area contributed by atoms with Crippen molar-refractivity contribution in [3.05, 3.63) is 35.6 Å². The summed E-state index contributed by atoms with van der Waals surface area (Å²) in [6.07, 6.45) is 4.65. The SMILES string of the molecule is O=C(NC1C2CC3CC1CC(O)(C3)C2)c1ccccc1F. The molecule has 5 rings (SSSR count). The molecule has 1 amide bonds. The average molecular weight is 289 g/mol. The van der Waals surface area contributed by atoms with Crippen molar-refractivity contribution in [2.24, 2.45) is 17.8 Å². The molecule has 4 fully saturated rings. The van der Waals surface area contributed by atoms with E-state index in [1.807, 2.05) is 0 Å². The largest absolute Gasteiger partial charge is 0.390 e. The molecule has 112 valence electrons. The molecular formula is C17H20FNO2. The van der Waals surface area contributed by atoms with E-state index in [1.165, 1.54) is 12.1 Å². The molecule has 4 aliphatic carbocycles. The molecule has 1 aromatic carbocycles. The zero-order valence-corrected chi connectivity index (χ0v) is 11.9. The van der Waals surface area contributed by atoms with E-state index in [4.69, 9.17) is 0 Å². The third-order valence-corrected chi connectivity index (χ3v) is 5.66. The molecule has 0 heterocycles. The first-order valence-electron chi connectivity index (χ1n) is 7.82. The number of benzene rings is 1. The molecule has 3 nitrogen and oxygen atoms in total. The van der Waals surface area contributed by atoms with Gasteiger partial charge in [-0.15, -0.1) is 0 Å². The maximum absolute atomic E-state index is 13.7. The quantitative estimate of drug-likeness (QED) is 0.879. The van der Waals surface area contributed by atoms with Gasteiger partial charge in [-0.2, -0.15) is 0 Å². The van der Waals surface area contributed by atoms with Crippen LogP contribution < -0.4 is 5.32 Å². The number of hydrogen-bond donors (Lipinski definition) is 2. The maximum atomic E-state index is 13.7. The summed E-state index contributed by atoms with van der Waals surface area (Å²) in [6.45, 7) is 0. The molecule has 4 bridgehead atoms. The van der Waals surface area contributed by atoms with Gasteiger partial charge in [-0.05, 0) is 62.0 Å². The molecule has 0 aliphatic heterocycles. The highest BCUT2D eigenvalue weighted by Gasteiger charge is 2.55. The second-order valence-electron chi connectivity index (χ2n) is 7.17. The van der Waals surface area contributed by atoms with Gasteiger partial charge in [0.15, 0.2) is 0 Å². The predicted octanol–water partition coefficient (Wildman–Crippen LogP) is 2.50. The van der Waals surface area contributed by atoms with Crippen molar-refractivity contribution in [2.75, 3.05) is 0 Å². The van der Waals surface area contributed by atoms with E-state index in [-0.39, 0.29) is 17.5 Å². The van der Waals surface area contributed by atoms with Crippen molar-refractivity contribution < 1.29 is 14.3 Å². The smallest absolute Gasteiger partial charge is 0.254 e. The van der Waals surface area contributed by atoms with Gasteiger partial charge in [0.25, 0.3) is 5.91 Å². The van der Waals surface area contributed by atoms with E-state index in [2.05, 4.69) is 5.32 Å². The zero-order chi connectivity index (χ0) is 14.6. The zero-order valence-electron chi connectivity index (χ0n) is 11.9. The van der Waals surface area contributed by atoms with Crippen molar-refractivity contribution in [3.63, 3.8) is 0 Å². The summed E-state index contributed by atoms with van der Waals surface area (Å²) in [7, 11) is 0. The maximum Gasteiger partial charge on any atom is 0.254 e. The minimum absolute atomic E-state index is 0.0916. The lowest BCUT2D eigenvalue weighted by Crippen LogP contribution is -2.61. The van der Waals surface area contributed by atoms with Gasteiger partial charge in [-0.3, -0.25) is 4.79 Å². The lowest BCUT2D eigenvalue weighted by molar-refractivity contribution is -0.136. The monoisotopic (exact) mass is 289 g/mol. The van der Waals surface area contributed by atoms with Gasteiger partial charge in [0.2, 0.25) is 0 Å². The number of rotatable bonds is 2. The number of aliphatic hydroxyl groups is 1. The summed E-state index contributed by atoms with van der Waals surface area (Å²) in [5.41, 5.74) is -0.388. The first-order chi connectivity index (χ1) is 10.0. The van der Waals surface area contributed by atoms with Crippen molar-refractivity contribution in [1.29, 1.82) is 0 Å². The fourth-order valence-corrected chi connectivity index (χ4v) is 5.09. The molecule has 4 saturated carbocycles. The van der Waals surface area contributed by atoms with Gasteiger partial charge >= 0.3 is 0 Å². The van der Waals surface area contributed by atoms with Crippen LogP contribution in [0.25, 0.3) is 0 Å². The molecule has 0 aromatic heterocycles. The van der Waals surface area contributed by atoms with Crippen LogP contribution in [0.2, 0.25) is 0 Å². The molecule has 2 atom stereocenters. The van der Waals surface area contributed by atoms with Crippen molar-refractivity contribution in [1.82, 2.24) is 5.32 Å². The molecule has 4 aliphatic rings. The summed E-state index contributed by atoms with van der Waals surface area (Å²) >= 11 is 0. The molecule has 1 aromatic rings. The Bertz CT molecular complexity index is 572. The lowest BCUT2D eigenvalue weighted by atomic mass is 9.52. The Morgan fingerprint density at radius 3 is 2.48 bits per heavy atom. The van der Waals surface area contributed by atoms with Crippen LogP contribution in [0.5, 0.6) is 0 Å². The number of carbonyl (C=O) groups excluding carboxylic acids is 1. The van der Waals surface area contributed by atoms with Crippen LogP contribution in [0.4, 0.5) is 4.39 Å². The van der Waals surface area contributed by atoms with Crippen LogP contribution in [0.3, 0.4) is 0 Å². The van der Waals surface area contributed by atoms with Crippen molar-refractivity contribution >= 4 is 5.91 Å². The van der Waals surface area contributed by atoms with Crippen LogP contribution in [0.15, 0.2) is 24.3 Å². The second-order valence-corrected chi connectivity index (χ2v) is 7.17. The lowest BCUT2D eigenvalue weighted by Gasteiger charge is -2.58. The highest BCUT2D eigenvalue weighted by atomic mass is 19.1. The van der Waals surface area contributed by atoms with Crippen LogP contribution >= 0.6 is 0 Å². The highest BCUT2D eigenvalue weighted by molar-refractivity contribution is 5.94. The molecule has 0 radical (unpaired) electrons. The summed E-state index contributed by atoms with van der Waals surface area (Å²) in [5, 5.41) is 13.6. The Morgan fingerprint density at radius 1 is 1.19 bits per heavy atom. The van der Waals surface area contributed by atoms with Gasteiger partial charge in [0.05, 0.1) is 11.2 Å². The topological polar surface area (TPSA) is 49.3 Å². The Morgan fingerprint density at radius 2 is 1.86 bits per heavy atom. The normalized spacial score (nSPS) is 40.3. The summed E-state index contributed by atoms with van der Waals surface area (Å²) < 4.78 is 13.7. The van der Waals surface area contributed by atoms with Crippen LogP contribution in [0, 0.1) is 23.6 Å². The van der Waals surface area contributed by atoms with Crippen molar-refractivity contribution in [2.45, 2.75) is 43.7 Å². The van der Waals surface area contributed by atoms with Crippen LogP contribution in [-0.4, -0.2) is 22.7 Å². The standard InChI is InChI=1S/C17H20FNO2/c18-14-4-2-1-3-13(14)16(20)19-15-11-5-10-6-12(15)9-17(21,7-10)8-11/h1-4,10-12,15,21H,5-9H2,(H,19,20). The van der Waals surface area contributed by atoms with E-state index in [0.717, 1.165) is 32.1 Å². The first-order valence-corrected chi connectivity index (χ1v) is 7.82. The predicted molar refractivity (Wildman–Crippen MR) is 76.2 cm³/mol. The summed E-state index contributed by atoms with van der Waals surface area (Å²) in [5.74, 6) is 0.498. The Kier molecular flexibility index (Phi) is 2.86. The Labute approximate surface area is 123 Å².